The third-order valence-electron chi connectivity index (χ3n) is 1.46. The van der Waals surface area contributed by atoms with Crippen molar-refractivity contribution in [3.63, 3.8) is 0 Å². The Labute approximate surface area is 82.7 Å². The Morgan fingerprint density at radius 1 is 1.62 bits per heavy atom. The number of pyridine rings is 1. The van der Waals surface area contributed by atoms with Crippen molar-refractivity contribution in [3.8, 4) is 0 Å². The average molecular weight is 198 g/mol. The number of nitrogens with two attached hydrogens (primary N) is 1. The highest BCUT2D eigenvalue weighted by Crippen LogP contribution is 2.14. The summed E-state index contributed by atoms with van der Waals surface area (Å²) >= 11 is 1.65. The number of ether oxygens (including phenoxy) is 1. The van der Waals surface area contributed by atoms with Crippen molar-refractivity contribution in [2.75, 3.05) is 19.5 Å². The SMILES string of the molecule is COCC(N)CSc1ccccn1. The molecule has 1 heterocycles. The highest BCUT2D eigenvalue weighted by Gasteiger charge is 2.02. The first kappa shape index (κ1) is 10.5. The Kier molecular flexibility index (Phi) is 4.82. The second kappa shape index (κ2) is 5.96. The molecule has 0 bridgehead atoms. The lowest BCUT2D eigenvalue weighted by Crippen LogP contribution is -2.28. The van der Waals surface area contributed by atoms with Crippen LogP contribution in [0, 0.1) is 0 Å². The van der Waals surface area contributed by atoms with Crippen LogP contribution in [0.15, 0.2) is 29.4 Å². The van der Waals surface area contributed by atoms with Crippen LogP contribution >= 0.6 is 11.8 Å². The van der Waals surface area contributed by atoms with Crippen molar-refractivity contribution in [2.24, 2.45) is 5.73 Å². The average Bonchev–Trinajstić information content (AvgIpc) is 2.17. The molecule has 2 N–H and O–H groups in total. The zero-order chi connectivity index (χ0) is 9.52. The van der Waals surface area contributed by atoms with Gasteiger partial charge in [0.25, 0.3) is 0 Å². The highest BCUT2D eigenvalue weighted by molar-refractivity contribution is 7.99. The smallest absolute Gasteiger partial charge is 0.0960 e. The molecule has 72 valence electrons. The van der Waals surface area contributed by atoms with Gasteiger partial charge in [-0.25, -0.2) is 4.98 Å². The Morgan fingerprint density at radius 2 is 2.46 bits per heavy atom. The highest BCUT2D eigenvalue weighted by atomic mass is 32.2. The summed E-state index contributed by atoms with van der Waals surface area (Å²) in [6.45, 7) is 0.597. The molecule has 0 fully saturated rings. The first-order valence-electron chi connectivity index (χ1n) is 4.11. The molecule has 0 aliphatic carbocycles. The number of hydrogen-bond acceptors (Lipinski definition) is 4. The zero-order valence-corrected chi connectivity index (χ0v) is 8.46. The third-order valence-corrected chi connectivity index (χ3v) is 2.60. The van der Waals surface area contributed by atoms with Crippen LogP contribution in [0.1, 0.15) is 0 Å². The van der Waals surface area contributed by atoms with E-state index in [2.05, 4.69) is 4.98 Å². The van der Waals surface area contributed by atoms with E-state index in [-0.39, 0.29) is 6.04 Å². The van der Waals surface area contributed by atoms with Crippen molar-refractivity contribution in [1.29, 1.82) is 0 Å². The molecule has 0 aliphatic rings. The number of methoxy groups -OCH3 is 1. The number of thioether (sulfide) groups is 1. The monoisotopic (exact) mass is 198 g/mol. The molecule has 3 nitrogen and oxygen atoms in total. The molecule has 1 aromatic rings. The Hall–Kier alpha value is -0.580. The molecule has 0 aromatic carbocycles. The minimum atomic E-state index is 0.0806. The maximum atomic E-state index is 5.76. The lowest BCUT2D eigenvalue weighted by Gasteiger charge is -2.08. The molecule has 1 aromatic heterocycles. The molecular formula is C9H14N2OS. The zero-order valence-electron chi connectivity index (χ0n) is 7.64. The van der Waals surface area contributed by atoms with E-state index in [1.807, 2.05) is 18.2 Å². The van der Waals surface area contributed by atoms with Crippen LogP contribution in [0.5, 0.6) is 0 Å². The van der Waals surface area contributed by atoms with E-state index in [1.165, 1.54) is 0 Å². The van der Waals surface area contributed by atoms with Crippen molar-refractivity contribution in [1.82, 2.24) is 4.98 Å². The van der Waals surface area contributed by atoms with Gasteiger partial charge in [0.1, 0.15) is 0 Å². The molecule has 0 radical (unpaired) electrons. The van der Waals surface area contributed by atoms with Gasteiger partial charge in [-0.3, -0.25) is 0 Å². The van der Waals surface area contributed by atoms with Crippen molar-refractivity contribution < 1.29 is 4.74 Å². The molecule has 13 heavy (non-hydrogen) atoms. The van der Waals surface area contributed by atoms with Gasteiger partial charge >= 0.3 is 0 Å². The summed E-state index contributed by atoms with van der Waals surface area (Å²) in [5, 5.41) is 1.01. The fraction of sp³-hybridized carbons (Fsp3) is 0.444. The fourth-order valence-electron chi connectivity index (χ4n) is 0.887. The quantitative estimate of drug-likeness (QED) is 0.721. The van der Waals surface area contributed by atoms with Gasteiger partial charge in [-0.2, -0.15) is 0 Å². The molecule has 0 saturated carbocycles. The van der Waals surface area contributed by atoms with Gasteiger partial charge in [0.15, 0.2) is 0 Å². The molecular weight excluding hydrogens is 184 g/mol. The third kappa shape index (κ3) is 4.26. The van der Waals surface area contributed by atoms with Crippen LogP contribution < -0.4 is 5.73 Å². The van der Waals surface area contributed by atoms with E-state index in [9.17, 15) is 0 Å². The predicted molar refractivity (Wildman–Crippen MR) is 54.8 cm³/mol. The van der Waals surface area contributed by atoms with Gasteiger partial charge in [-0.05, 0) is 12.1 Å². The summed E-state index contributed by atoms with van der Waals surface area (Å²) in [6, 6.07) is 5.93. The maximum absolute atomic E-state index is 5.76. The molecule has 1 unspecified atom stereocenters. The summed E-state index contributed by atoms with van der Waals surface area (Å²) in [7, 11) is 1.66. The first-order valence-corrected chi connectivity index (χ1v) is 5.10. The number of rotatable bonds is 5. The topological polar surface area (TPSA) is 48.1 Å². The molecule has 0 amide bonds. The Balaban J connectivity index is 2.27. The summed E-state index contributed by atoms with van der Waals surface area (Å²) < 4.78 is 4.93. The molecule has 4 heteroatoms. The van der Waals surface area contributed by atoms with Crippen LogP contribution in [-0.4, -0.2) is 30.5 Å². The number of aromatic nitrogens is 1. The second-order valence-corrected chi connectivity index (χ2v) is 3.73. The van der Waals surface area contributed by atoms with E-state index in [1.54, 1.807) is 25.1 Å². The van der Waals surface area contributed by atoms with Gasteiger partial charge < -0.3 is 10.5 Å². The van der Waals surface area contributed by atoms with Gasteiger partial charge in [-0.1, -0.05) is 6.07 Å². The minimum absolute atomic E-state index is 0.0806. The van der Waals surface area contributed by atoms with Gasteiger partial charge in [0.05, 0.1) is 11.6 Å². The number of nitrogens with zero attached hydrogens (tertiary/aromatic N) is 1. The summed E-state index contributed by atoms with van der Waals surface area (Å²) in [5.74, 6) is 0.838. The van der Waals surface area contributed by atoms with Gasteiger partial charge in [0.2, 0.25) is 0 Å². The van der Waals surface area contributed by atoms with E-state index in [0.717, 1.165) is 10.8 Å². The normalized spacial score (nSPS) is 12.8. The van der Waals surface area contributed by atoms with Gasteiger partial charge in [0, 0.05) is 25.1 Å². The number of hydrogen-bond donors (Lipinski definition) is 1. The standard InChI is InChI=1S/C9H14N2OS/c1-12-6-8(10)7-13-9-4-2-3-5-11-9/h2-5,8H,6-7,10H2,1H3. The van der Waals surface area contributed by atoms with Crippen molar-refractivity contribution >= 4 is 11.8 Å². The van der Waals surface area contributed by atoms with Crippen molar-refractivity contribution in [3.05, 3.63) is 24.4 Å². The summed E-state index contributed by atoms with van der Waals surface area (Å²) in [6.07, 6.45) is 1.78. The second-order valence-electron chi connectivity index (χ2n) is 2.69. The van der Waals surface area contributed by atoms with E-state index < -0.39 is 0 Å². The molecule has 1 atom stereocenters. The lowest BCUT2D eigenvalue weighted by molar-refractivity contribution is 0.186. The summed E-state index contributed by atoms with van der Waals surface area (Å²) in [4.78, 5) is 4.18. The van der Waals surface area contributed by atoms with Crippen LogP contribution in [-0.2, 0) is 4.74 Å². The molecule has 0 aliphatic heterocycles. The predicted octanol–water partition coefficient (Wildman–Crippen LogP) is 1.15. The van der Waals surface area contributed by atoms with Crippen molar-refractivity contribution in [2.45, 2.75) is 11.1 Å². The molecule has 1 rings (SSSR count). The van der Waals surface area contributed by atoms with Crippen LogP contribution in [0.2, 0.25) is 0 Å². The Morgan fingerprint density at radius 3 is 3.08 bits per heavy atom. The van der Waals surface area contributed by atoms with E-state index in [4.69, 9.17) is 10.5 Å². The van der Waals surface area contributed by atoms with Gasteiger partial charge in [-0.15, -0.1) is 11.8 Å². The Bertz CT molecular complexity index is 230. The maximum Gasteiger partial charge on any atom is 0.0960 e. The van der Waals surface area contributed by atoms with E-state index >= 15 is 0 Å². The van der Waals surface area contributed by atoms with E-state index in [0.29, 0.717) is 6.61 Å². The van der Waals surface area contributed by atoms with Crippen LogP contribution in [0.3, 0.4) is 0 Å². The molecule has 0 spiro atoms. The lowest BCUT2D eigenvalue weighted by atomic mass is 10.4. The summed E-state index contributed by atoms with van der Waals surface area (Å²) in [5.41, 5.74) is 5.76. The van der Waals surface area contributed by atoms with Crippen LogP contribution in [0.4, 0.5) is 0 Å². The minimum Gasteiger partial charge on any atom is -0.383 e. The van der Waals surface area contributed by atoms with Crippen LogP contribution in [0.25, 0.3) is 0 Å². The first-order chi connectivity index (χ1) is 6.33. The largest absolute Gasteiger partial charge is 0.383 e. The molecule has 0 saturated heterocycles. The fourth-order valence-corrected chi connectivity index (χ4v) is 1.68.